The molecular formula is C26H49N3O9-2. The van der Waals surface area contributed by atoms with E-state index >= 15 is 0 Å². The molecule has 0 rings (SSSR count). The van der Waals surface area contributed by atoms with Gasteiger partial charge in [0.05, 0.1) is 12.6 Å². The number of rotatable bonds is 12. The molecule has 0 aliphatic carbocycles. The molecule has 0 saturated carbocycles. The summed E-state index contributed by atoms with van der Waals surface area (Å²) in [6, 6.07) is -1.49. The molecule has 0 radical (unpaired) electrons. The molecule has 12 heteroatoms. The van der Waals surface area contributed by atoms with Crippen LogP contribution in [-0.4, -0.2) is 78.0 Å². The fraction of sp³-hybridized carbons (Fsp3) is 0.808. The van der Waals surface area contributed by atoms with Crippen LogP contribution < -0.4 is 15.5 Å². The van der Waals surface area contributed by atoms with Crippen LogP contribution in [0.1, 0.15) is 95.4 Å². The van der Waals surface area contributed by atoms with Crippen LogP contribution in [0.3, 0.4) is 0 Å². The Balaban J connectivity index is -0.000000703. The molecule has 38 heavy (non-hydrogen) atoms. The van der Waals surface area contributed by atoms with E-state index in [9.17, 15) is 29.7 Å². The number of nitrogens with one attached hydrogen (secondary N) is 1. The smallest absolute Gasteiger partial charge is 0.325 e. The van der Waals surface area contributed by atoms with Crippen LogP contribution in [0, 0.1) is 0 Å². The lowest BCUT2D eigenvalue weighted by Gasteiger charge is -2.30. The van der Waals surface area contributed by atoms with Crippen molar-refractivity contribution in [3.05, 3.63) is 0 Å². The maximum absolute atomic E-state index is 11.9. The van der Waals surface area contributed by atoms with Crippen LogP contribution in [0.15, 0.2) is 9.98 Å². The first-order valence-corrected chi connectivity index (χ1v) is 12.4. The van der Waals surface area contributed by atoms with E-state index in [0.29, 0.717) is 25.5 Å². The molecule has 0 spiro atoms. The predicted octanol–water partition coefficient (Wildman–Crippen LogP) is 1.25. The summed E-state index contributed by atoms with van der Waals surface area (Å²) in [6.07, 6.45) is -0.0358. The van der Waals surface area contributed by atoms with Gasteiger partial charge in [0, 0.05) is 11.2 Å². The molecule has 12 nitrogen and oxygen atoms in total. The summed E-state index contributed by atoms with van der Waals surface area (Å²) in [6.45, 7) is 15.6. The van der Waals surface area contributed by atoms with Gasteiger partial charge in [-0.3, -0.25) is 19.6 Å². The van der Waals surface area contributed by atoms with Gasteiger partial charge < -0.3 is 39.6 Å². The number of hydrogen-bond donors (Lipinski definition) is 2. The fourth-order valence-corrected chi connectivity index (χ4v) is 2.55. The van der Waals surface area contributed by atoms with Crippen molar-refractivity contribution in [3.8, 4) is 0 Å². The summed E-state index contributed by atoms with van der Waals surface area (Å²) >= 11 is 0. The van der Waals surface area contributed by atoms with E-state index in [0.717, 1.165) is 6.42 Å². The van der Waals surface area contributed by atoms with Gasteiger partial charge in [-0.15, -0.1) is 0 Å². The average Bonchev–Trinajstić information content (AvgIpc) is 2.74. The second-order valence-corrected chi connectivity index (χ2v) is 10.0. The molecule has 0 aliphatic heterocycles. The molecule has 0 saturated heterocycles. The second kappa shape index (κ2) is 20.1. The van der Waals surface area contributed by atoms with E-state index in [2.05, 4.69) is 20.0 Å². The lowest BCUT2D eigenvalue weighted by molar-refractivity contribution is -0.262. The number of aliphatic hydroxyl groups excluding tert-OH is 1. The van der Waals surface area contributed by atoms with Crippen LogP contribution in [0.4, 0.5) is 0 Å². The molecule has 0 bridgehead atoms. The third-order valence-electron chi connectivity index (χ3n) is 4.00. The summed E-state index contributed by atoms with van der Waals surface area (Å²) in [4.78, 5) is 40.9. The van der Waals surface area contributed by atoms with Crippen molar-refractivity contribution in [2.45, 2.75) is 125 Å². The molecule has 0 aromatic heterocycles. The topological polar surface area (TPSA) is 182 Å². The maximum atomic E-state index is 11.9. The van der Waals surface area contributed by atoms with Gasteiger partial charge in [0.15, 0.2) is 6.10 Å². The van der Waals surface area contributed by atoms with Crippen molar-refractivity contribution >= 4 is 30.3 Å². The van der Waals surface area contributed by atoms with Crippen molar-refractivity contribution < 1.29 is 43.9 Å². The standard InChI is InChI=1S/C15H28N2O6.C10H19NO3.CH4/c1-6-8-10(17-14(21)23-15(3,4)5)12(19)13(20)16-9-11(18)22-7-2;1-5-6-8(7-12)11-9(13)14-10(2,3)4;/h10,12,19H,6-9H2,1-5H3,(H,16,20)(H,17,21);7-8H,5-6H2,1-4H3,(H,11,13);1H4/p-2/t10-,12?;8-;/m00./s1. The first-order chi connectivity index (χ1) is 17.0. The Labute approximate surface area is 227 Å². The number of aldehydes is 1. The van der Waals surface area contributed by atoms with Gasteiger partial charge in [-0.25, -0.2) is 0 Å². The van der Waals surface area contributed by atoms with E-state index < -0.39 is 53.4 Å². The number of aliphatic imine (C=N–C) groups is 2. The third kappa shape index (κ3) is 22.3. The zero-order valence-corrected chi connectivity index (χ0v) is 23.7. The van der Waals surface area contributed by atoms with E-state index in [1.165, 1.54) is 0 Å². The number of hydrogen-bond acceptors (Lipinski definition) is 11. The van der Waals surface area contributed by atoms with E-state index in [1.54, 1.807) is 48.5 Å². The summed E-state index contributed by atoms with van der Waals surface area (Å²) < 4.78 is 14.7. The molecule has 1 unspecified atom stereocenters. The highest BCUT2D eigenvalue weighted by atomic mass is 16.6. The lowest BCUT2D eigenvalue weighted by atomic mass is 10.1. The molecule has 1 amide bonds. The molecule has 0 aromatic carbocycles. The molecule has 0 heterocycles. The zero-order chi connectivity index (χ0) is 29.2. The maximum Gasteiger partial charge on any atom is 0.325 e. The van der Waals surface area contributed by atoms with Gasteiger partial charge in [0.1, 0.15) is 31.0 Å². The monoisotopic (exact) mass is 547 g/mol. The minimum atomic E-state index is -1.54. The molecule has 2 N–H and O–H groups in total. The number of carbonyl (C=O) groups is 3. The fourth-order valence-electron chi connectivity index (χ4n) is 2.55. The van der Waals surface area contributed by atoms with Crippen LogP contribution >= 0.6 is 0 Å². The molecule has 224 valence electrons. The average molecular weight is 548 g/mol. The van der Waals surface area contributed by atoms with E-state index in [-0.39, 0.29) is 20.6 Å². The van der Waals surface area contributed by atoms with Gasteiger partial charge in [-0.1, -0.05) is 75.7 Å². The quantitative estimate of drug-likeness (QED) is 0.157. The third-order valence-corrected chi connectivity index (χ3v) is 4.00. The first-order valence-electron chi connectivity index (χ1n) is 12.4. The predicted molar refractivity (Wildman–Crippen MR) is 142 cm³/mol. The SMILES string of the molecule is C.CCC[C@@H](C=O)N=C([O-])OC(C)(C)C.CCC[C@H](N=C([O-])OC(C)(C)C)C(O)C(=O)NCC(=O)OCC. The Morgan fingerprint density at radius 1 is 0.921 bits per heavy atom. The van der Waals surface area contributed by atoms with Crippen LogP contribution in [0.25, 0.3) is 0 Å². The Hall–Kier alpha value is -2.89. The van der Waals surface area contributed by atoms with Gasteiger partial charge >= 0.3 is 5.97 Å². The van der Waals surface area contributed by atoms with Crippen molar-refractivity contribution in [2.24, 2.45) is 9.98 Å². The highest BCUT2D eigenvalue weighted by Gasteiger charge is 2.25. The number of ether oxygens (including phenoxy) is 3. The number of amides is 1. The number of nitrogens with zero attached hydrogens (tertiary/aromatic N) is 2. The van der Waals surface area contributed by atoms with Crippen molar-refractivity contribution in [1.82, 2.24) is 5.32 Å². The minimum absolute atomic E-state index is 0. The number of carbonyl (C=O) groups excluding carboxylic acids is 3. The van der Waals surface area contributed by atoms with Gasteiger partial charge in [0.25, 0.3) is 5.91 Å². The molecule has 3 atom stereocenters. The van der Waals surface area contributed by atoms with Crippen molar-refractivity contribution in [1.29, 1.82) is 0 Å². The Morgan fingerprint density at radius 3 is 1.79 bits per heavy atom. The van der Waals surface area contributed by atoms with E-state index in [4.69, 9.17) is 9.47 Å². The first kappa shape index (κ1) is 39.6. The summed E-state index contributed by atoms with van der Waals surface area (Å²) in [5, 5.41) is 35.2. The van der Waals surface area contributed by atoms with Gasteiger partial charge in [-0.05, 0) is 19.8 Å². The highest BCUT2D eigenvalue weighted by Crippen LogP contribution is 2.11. The van der Waals surface area contributed by atoms with Crippen LogP contribution in [0.2, 0.25) is 0 Å². The highest BCUT2D eigenvalue weighted by molar-refractivity contribution is 5.85. The van der Waals surface area contributed by atoms with Crippen LogP contribution in [0.5, 0.6) is 0 Å². The molecular weight excluding hydrogens is 498 g/mol. The second-order valence-electron chi connectivity index (χ2n) is 10.0. The number of aliphatic hydroxyl groups is 1. The minimum Gasteiger partial charge on any atom is -0.595 e. The van der Waals surface area contributed by atoms with Crippen molar-refractivity contribution in [2.75, 3.05) is 13.2 Å². The summed E-state index contributed by atoms with van der Waals surface area (Å²) in [7, 11) is 0. The van der Waals surface area contributed by atoms with Gasteiger partial charge in [-0.2, -0.15) is 0 Å². The Bertz CT molecular complexity index is 741. The Morgan fingerprint density at radius 2 is 1.39 bits per heavy atom. The van der Waals surface area contributed by atoms with E-state index in [1.807, 2.05) is 13.8 Å². The van der Waals surface area contributed by atoms with Crippen LogP contribution in [-0.2, 0) is 28.6 Å². The lowest BCUT2D eigenvalue weighted by Crippen LogP contribution is -2.44. The van der Waals surface area contributed by atoms with Crippen molar-refractivity contribution in [3.63, 3.8) is 0 Å². The zero-order valence-electron chi connectivity index (χ0n) is 23.7. The Kier molecular flexibility index (Phi) is 21.0. The normalized spacial score (nSPS) is 14.5. The molecule has 0 aromatic rings. The summed E-state index contributed by atoms with van der Waals surface area (Å²) in [5.41, 5.74) is -1.27. The molecule has 0 fully saturated rings. The van der Waals surface area contributed by atoms with Gasteiger partial charge in [0.2, 0.25) is 0 Å². The molecule has 0 aliphatic rings. The largest absolute Gasteiger partial charge is 0.595 e. The summed E-state index contributed by atoms with van der Waals surface area (Å²) in [5.74, 6) is -1.40. The number of esters is 1.